The van der Waals surface area contributed by atoms with Crippen molar-refractivity contribution in [3.8, 4) is 12.0 Å². The van der Waals surface area contributed by atoms with Gasteiger partial charge in [0.2, 0.25) is 5.95 Å². The number of rotatable bonds is 3. The molecule has 104 valence electrons. The van der Waals surface area contributed by atoms with Gasteiger partial charge in [0.1, 0.15) is 0 Å². The summed E-state index contributed by atoms with van der Waals surface area (Å²) in [5.74, 6) is 1.32. The number of fused-ring (bicyclic) bond motifs is 1. The molecular formula is C12H19N5O2. The van der Waals surface area contributed by atoms with E-state index in [1.165, 1.54) is 12.8 Å². The second-order valence-corrected chi connectivity index (χ2v) is 4.98. The molecule has 19 heavy (non-hydrogen) atoms. The molecule has 0 amide bonds. The van der Waals surface area contributed by atoms with E-state index in [2.05, 4.69) is 25.2 Å². The van der Waals surface area contributed by atoms with Crippen molar-refractivity contribution in [3.05, 3.63) is 0 Å². The normalized spacial score (nSPS) is 26.1. The van der Waals surface area contributed by atoms with Gasteiger partial charge in [0.15, 0.2) is 0 Å². The summed E-state index contributed by atoms with van der Waals surface area (Å²) in [4.78, 5) is 14.8. The highest BCUT2D eigenvalue weighted by atomic mass is 16.5. The first-order valence-electron chi connectivity index (χ1n) is 6.62. The molecule has 0 saturated carbocycles. The lowest BCUT2D eigenvalue weighted by Gasteiger charge is -2.24. The smallest absolute Gasteiger partial charge is 0.324 e. The summed E-state index contributed by atoms with van der Waals surface area (Å²) in [6, 6.07) is 1.14. The molecule has 1 aromatic rings. The second-order valence-electron chi connectivity index (χ2n) is 4.98. The molecule has 2 aliphatic heterocycles. The predicted molar refractivity (Wildman–Crippen MR) is 69.7 cm³/mol. The molecule has 0 bridgehead atoms. The van der Waals surface area contributed by atoms with Crippen molar-refractivity contribution in [2.24, 2.45) is 5.92 Å². The maximum atomic E-state index is 5.09. The molecule has 0 radical (unpaired) electrons. The van der Waals surface area contributed by atoms with Crippen LogP contribution in [0.25, 0.3) is 0 Å². The molecule has 2 unspecified atom stereocenters. The van der Waals surface area contributed by atoms with Gasteiger partial charge in [-0.3, -0.25) is 0 Å². The van der Waals surface area contributed by atoms with Gasteiger partial charge in [-0.1, -0.05) is 0 Å². The molecule has 7 nitrogen and oxygen atoms in total. The molecule has 0 spiro atoms. The standard InChI is InChI=1S/C12H19N5O2/c1-18-11-14-10(15-12(16-11)19-2)17-6-8-4-3-5-13-9(8)7-17/h8-9,13H,3-7H2,1-2H3. The van der Waals surface area contributed by atoms with Crippen LogP contribution in [-0.2, 0) is 0 Å². The van der Waals surface area contributed by atoms with E-state index >= 15 is 0 Å². The van der Waals surface area contributed by atoms with E-state index in [-0.39, 0.29) is 0 Å². The van der Waals surface area contributed by atoms with Crippen LogP contribution >= 0.6 is 0 Å². The third-order valence-electron chi connectivity index (χ3n) is 3.83. The van der Waals surface area contributed by atoms with Crippen LogP contribution < -0.4 is 19.7 Å². The second kappa shape index (κ2) is 5.16. The van der Waals surface area contributed by atoms with Crippen LogP contribution in [0.3, 0.4) is 0 Å². The summed E-state index contributed by atoms with van der Waals surface area (Å²) in [6.45, 7) is 3.02. The van der Waals surface area contributed by atoms with Crippen LogP contribution in [0.15, 0.2) is 0 Å². The maximum absolute atomic E-state index is 5.09. The van der Waals surface area contributed by atoms with Gasteiger partial charge in [0.25, 0.3) is 0 Å². The van der Waals surface area contributed by atoms with Crippen LogP contribution in [-0.4, -0.2) is 54.8 Å². The number of piperidine rings is 1. The van der Waals surface area contributed by atoms with E-state index in [1.54, 1.807) is 14.2 Å². The number of nitrogens with one attached hydrogen (secondary N) is 1. The minimum absolute atomic E-state index is 0.296. The van der Waals surface area contributed by atoms with Gasteiger partial charge in [0, 0.05) is 19.1 Å². The summed E-state index contributed by atoms with van der Waals surface area (Å²) in [7, 11) is 3.09. The number of hydrogen-bond acceptors (Lipinski definition) is 7. The molecule has 2 saturated heterocycles. The average molecular weight is 265 g/mol. The zero-order valence-corrected chi connectivity index (χ0v) is 11.3. The molecule has 3 heterocycles. The summed E-state index contributed by atoms with van der Waals surface area (Å²) in [5.41, 5.74) is 0. The quantitative estimate of drug-likeness (QED) is 0.829. The largest absolute Gasteiger partial charge is 0.467 e. The molecule has 2 atom stereocenters. The predicted octanol–water partition coefficient (Wildman–Crippen LogP) is 0.0770. The molecule has 2 aliphatic rings. The first-order chi connectivity index (χ1) is 9.30. The van der Waals surface area contributed by atoms with E-state index < -0.39 is 0 Å². The van der Waals surface area contributed by atoms with Gasteiger partial charge < -0.3 is 19.7 Å². The van der Waals surface area contributed by atoms with Crippen molar-refractivity contribution < 1.29 is 9.47 Å². The van der Waals surface area contributed by atoms with Crippen LogP contribution in [0.2, 0.25) is 0 Å². The van der Waals surface area contributed by atoms with Gasteiger partial charge in [-0.15, -0.1) is 4.98 Å². The number of aromatic nitrogens is 3. The Kier molecular flexibility index (Phi) is 3.37. The van der Waals surface area contributed by atoms with Crippen LogP contribution in [0.1, 0.15) is 12.8 Å². The molecule has 7 heteroatoms. The van der Waals surface area contributed by atoms with E-state index in [0.29, 0.717) is 29.9 Å². The molecule has 3 rings (SSSR count). The molecule has 0 aromatic carbocycles. The van der Waals surface area contributed by atoms with Crippen molar-refractivity contribution in [2.45, 2.75) is 18.9 Å². The Bertz CT molecular complexity index is 419. The lowest BCUT2D eigenvalue weighted by molar-refractivity contribution is 0.339. The first kappa shape index (κ1) is 12.4. The Labute approximate surface area is 112 Å². The average Bonchev–Trinajstić information content (AvgIpc) is 2.90. The number of ether oxygens (including phenoxy) is 2. The summed E-state index contributed by atoms with van der Waals surface area (Å²) < 4.78 is 10.2. The third kappa shape index (κ3) is 2.42. The maximum Gasteiger partial charge on any atom is 0.324 e. The van der Waals surface area contributed by atoms with Crippen LogP contribution in [0.4, 0.5) is 5.95 Å². The highest BCUT2D eigenvalue weighted by Gasteiger charge is 2.35. The lowest BCUT2D eigenvalue weighted by Crippen LogP contribution is -2.40. The van der Waals surface area contributed by atoms with Gasteiger partial charge in [-0.2, -0.15) is 9.97 Å². The van der Waals surface area contributed by atoms with Gasteiger partial charge in [-0.25, -0.2) is 0 Å². The number of methoxy groups -OCH3 is 2. The Morgan fingerprint density at radius 2 is 1.84 bits per heavy atom. The fraction of sp³-hybridized carbons (Fsp3) is 0.750. The zero-order chi connectivity index (χ0) is 13.2. The highest BCUT2D eigenvalue weighted by Crippen LogP contribution is 2.28. The van der Waals surface area contributed by atoms with Gasteiger partial charge >= 0.3 is 12.0 Å². The Morgan fingerprint density at radius 3 is 2.47 bits per heavy atom. The van der Waals surface area contributed by atoms with Crippen LogP contribution in [0.5, 0.6) is 12.0 Å². The van der Waals surface area contributed by atoms with E-state index in [9.17, 15) is 0 Å². The first-order valence-corrected chi connectivity index (χ1v) is 6.62. The molecule has 1 N–H and O–H groups in total. The lowest BCUT2D eigenvalue weighted by atomic mass is 9.94. The molecule has 0 aliphatic carbocycles. The Morgan fingerprint density at radius 1 is 1.11 bits per heavy atom. The molecular weight excluding hydrogens is 246 g/mol. The fourth-order valence-corrected chi connectivity index (χ4v) is 2.86. The van der Waals surface area contributed by atoms with Crippen LogP contribution in [0, 0.1) is 5.92 Å². The van der Waals surface area contributed by atoms with Gasteiger partial charge in [0.05, 0.1) is 14.2 Å². The number of anilines is 1. The van der Waals surface area contributed by atoms with E-state index in [4.69, 9.17) is 9.47 Å². The highest BCUT2D eigenvalue weighted by molar-refractivity contribution is 5.35. The Hall–Kier alpha value is -1.63. The van der Waals surface area contributed by atoms with E-state index in [0.717, 1.165) is 19.6 Å². The summed E-state index contributed by atoms with van der Waals surface area (Å²) in [5, 5.41) is 3.56. The van der Waals surface area contributed by atoms with Crippen molar-refractivity contribution in [3.63, 3.8) is 0 Å². The SMILES string of the molecule is COc1nc(OC)nc(N2CC3CCCNC3C2)n1. The molecule has 2 fully saturated rings. The summed E-state index contributed by atoms with van der Waals surface area (Å²) >= 11 is 0. The van der Waals surface area contributed by atoms with Crippen molar-refractivity contribution in [1.29, 1.82) is 0 Å². The van der Waals surface area contributed by atoms with Crippen molar-refractivity contribution >= 4 is 5.95 Å². The molecule has 1 aromatic heterocycles. The minimum atomic E-state index is 0.296. The van der Waals surface area contributed by atoms with Gasteiger partial charge in [-0.05, 0) is 25.3 Å². The summed E-state index contributed by atoms with van der Waals surface area (Å²) in [6.07, 6.45) is 2.52. The number of nitrogens with zero attached hydrogens (tertiary/aromatic N) is 4. The monoisotopic (exact) mass is 265 g/mol. The fourth-order valence-electron chi connectivity index (χ4n) is 2.86. The Balaban J connectivity index is 1.82. The van der Waals surface area contributed by atoms with E-state index in [1.807, 2.05) is 0 Å². The topological polar surface area (TPSA) is 72.4 Å². The third-order valence-corrected chi connectivity index (χ3v) is 3.83. The minimum Gasteiger partial charge on any atom is -0.467 e. The zero-order valence-electron chi connectivity index (χ0n) is 11.3. The van der Waals surface area contributed by atoms with Crippen molar-refractivity contribution in [1.82, 2.24) is 20.3 Å². The van der Waals surface area contributed by atoms with Crippen molar-refractivity contribution in [2.75, 3.05) is 38.8 Å². The number of hydrogen-bond donors (Lipinski definition) is 1.